The van der Waals surface area contributed by atoms with Gasteiger partial charge in [-0.15, -0.1) is 0 Å². The number of carbonyl (C=O) groups is 1. The molecule has 0 saturated carbocycles. The average molecular weight is 323 g/mol. The zero-order valence-electron chi connectivity index (χ0n) is 14.0. The summed E-state index contributed by atoms with van der Waals surface area (Å²) in [6.07, 6.45) is 0.344. The molecule has 1 heterocycles. The van der Waals surface area contributed by atoms with E-state index in [1.165, 1.54) is 0 Å². The number of hydrogen-bond acceptors (Lipinski definition) is 3. The van der Waals surface area contributed by atoms with E-state index in [4.69, 9.17) is 4.74 Å². The van der Waals surface area contributed by atoms with Gasteiger partial charge in [-0.3, -0.25) is 9.48 Å². The number of rotatable bonds is 6. The minimum Gasteiger partial charge on any atom is -0.494 e. The van der Waals surface area contributed by atoms with Crippen molar-refractivity contribution >= 4 is 16.8 Å². The van der Waals surface area contributed by atoms with Gasteiger partial charge in [0.25, 0.3) is 0 Å². The number of nitrogens with zero attached hydrogens (tertiary/aromatic N) is 2. The molecule has 0 bridgehead atoms. The van der Waals surface area contributed by atoms with Gasteiger partial charge in [-0.1, -0.05) is 30.3 Å². The summed E-state index contributed by atoms with van der Waals surface area (Å²) in [7, 11) is 1.91. The third-order valence-corrected chi connectivity index (χ3v) is 3.89. The first-order valence-electron chi connectivity index (χ1n) is 8.06. The lowest BCUT2D eigenvalue weighted by atomic mass is 10.1. The van der Waals surface area contributed by atoms with Crippen molar-refractivity contribution in [2.75, 3.05) is 6.61 Å². The third-order valence-electron chi connectivity index (χ3n) is 3.89. The van der Waals surface area contributed by atoms with Crippen LogP contribution in [-0.2, 0) is 24.8 Å². The number of fused-ring (bicyclic) bond motifs is 1. The van der Waals surface area contributed by atoms with E-state index in [0.717, 1.165) is 27.9 Å². The van der Waals surface area contributed by atoms with E-state index < -0.39 is 0 Å². The fraction of sp³-hybridized carbons (Fsp3) is 0.263. The number of aryl methyl sites for hydroxylation is 1. The second kappa shape index (κ2) is 7.17. The van der Waals surface area contributed by atoms with Crippen molar-refractivity contribution in [3.8, 4) is 5.75 Å². The first-order chi connectivity index (χ1) is 11.7. The Labute approximate surface area is 141 Å². The maximum Gasteiger partial charge on any atom is 0.224 e. The van der Waals surface area contributed by atoms with Crippen LogP contribution in [0.25, 0.3) is 10.9 Å². The minimum absolute atomic E-state index is 0.0195. The smallest absolute Gasteiger partial charge is 0.224 e. The van der Waals surface area contributed by atoms with Crippen molar-refractivity contribution in [2.24, 2.45) is 7.05 Å². The molecule has 3 rings (SSSR count). The Kier molecular flexibility index (Phi) is 4.79. The zero-order valence-corrected chi connectivity index (χ0v) is 14.0. The van der Waals surface area contributed by atoms with Crippen LogP contribution < -0.4 is 10.1 Å². The molecule has 5 nitrogen and oxygen atoms in total. The zero-order chi connectivity index (χ0) is 16.9. The predicted octanol–water partition coefficient (Wildman–Crippen LogP) is 2.83. The lowest BCUT2D eigenvalue weighted by molar-refractivity contribution is -0.120. The summed E-state index contributed by atoms with van der Waals surface area (Å²) < 4.78 is 7.24. The van der Waals surface area contributed by atoms with Crippen molar-refractivity contribution in [3.63, 3.8) is 0 Å². The van der Waals surface area contributed by atoms with E-state index in [0.29, 0.717) is 19.6 Å². The van der Waals surface area contributed by atoms with Gasteiger partial charge in [0.2, 0.25) is 5.91 Å². The van der Waals surface area contributed by atoms with E-state index in [1.807, 2.05) is 67.2 Å². The maximum absolute atomic E-state index is 12.2. The van der Waals surface area contributed by atoms with Gasteiger partial charge in [-0.2, -0.15) is 5.10 Å². The molecule has 0 fully saturated rings. The fourth-order valence-electron chi connectivity index (χ4n) is 2.72. The van der Waals surface area contributed by atoms with Crippen molar-refractivity contribution in [1.82, 2.24) is 15.1 Å². The van der Waals surface area contributed by atoms with Crippen molar-refractivity contribution in [1.29, 1.82) is 0 Å². The number of aromatic nitrogens is 2. The molecule has 0 spiro atoms. The number of hydrogen-bond donors (Lipinski definition) is 1. The van der Waals surface area contributed by atoms with Gasteiger partial charge < -0.3 is 10.1 Å². The van der Waals surface area contributed by atoms with Crippen molar-refractivity contribution in [3.05, 3.63) is 59.8 Å². The molecule has 24 heavy (non-hydrogen) atoms. The van der Waals surface area contributed by atoms with Crippen molar-refractivity contribution in [2.45, 2.75) is 19.9 Å². The second-order valence-corrected chi connectivity index (χ2v) is 5.62. The highest BCUT2D eigenvalue weighted by Crippen LogP contribution is 2.17. The summed E-state index contributed by atoms with van der Waals surface area (Å²) in [6.45, 7) is 3.01. The molecule has 2 aromatic carbocycles. The van der Waals surface area contributed by atoms with Gasteiger partial charge in [0.1, 0.15) is 5.75 Å². The van der Waals surface area contributed by atoms with Gasteiger partial charge in [0.15, 0.2) is 0 Å². The summed E-state index contributed by atoms with van der Waals surface area (Å²) in [4.78, 5) is 12.2. The highest BCUT2D eigenvalue weighted by molar-refractivity contribution is 5.83. The number of para-hydroxylation sites is 1. The molecule has 0 atom stereocenters. The minimum atomic E-state index is -0.0195. The Balaban J connectivity index is 1.60. The van der Waals surface area contributed by atoms with E-state index in [2.05, 4.69) is 10.4 Å². The van der Waals surface area contributed by atoms with Gasteiger partial charge in [0.05, 0.1) is 30.8 Å². The van der Waals surface area contributed by atoms with Gasteiger partial charge in [0, 0.05) is 12.4 Å². The van der Waals surface area contributed by atoms with E-state index >= 15 is 0 Å². The Morgan fingerprint density at radius 3 is 2.67 bits per heavy atom. The molecule has 0 saturated heterocycles. The van der Waals surface area contributed by atoms with Crippen LogP contribution in [0.3, 0.4) is 0 Å². The van der Waals surface area contributed by atoms with Crippen LogP contribution in [0, 0.1) is 0 Å². The number of nitrogens with one attached hydrogen (secondary N) is 1. The molecule has 5 heteroatoms. The highest BCUT2D eigenvalue weighted by Gasteiger charge is 2.09. The Bertz CT molecular complexity index is 837. The quantitative estimate of drug-likeness (QED) is 0.759. The predicted molar refractivity (Wildman–Crippen MR) is 93.9 cm³/mol. The molecule has 0 unspecified atom stereocenters. The van der Waals surface area contributed by atoms with E-state index in [9.17, 15) is 4.79 Å². The molecule has 1 amide bonds. The van der Waals surface area contributed by atoms with E-state index in [1.54, 1.807) is 0 Å². The SMILES string of the molecule is CCOc1ccc(CC(=O)NCc2nn(C)c3ccccc23)cc1. The second-order valence-electron chi connectivity index (χ2n) is 5.62. The summed E-state index contributed by atoms with van der Waals surface area (Å²) in [5, 5.41) is 8.50. The van der Waals surface area contributed by atoms with Gasteiger partial charge >= 0.3 is 0 Å². The molecule has 0 radical (unpaired) electrons. The third kappa shape index (κ3) is 3.56. The summed E-state index contributed by atoms with van der Waals surface area (Å²) in [5.41, 5.74) is 2.91. The van der Waals surface area contributed by atoms with Crippen LogP contribution in [0.15, 0.2) is 48.5 Å². The standard InChI is InChI=1S/C19H21N3O2/c1-3-24-15-10-8-14(9-11-15)12-19(23)20-13-17-16-6-4-5-7-18(16)22(2)21-17/h4-11H,3,12-13H2,1-2H3,(H,20,23). The van der Waals surface area contributed by atoms with Crippen LogP contribution in [0.4, 0.5) is 0 Å². The lowest BCUT2D eigenvalue weighted by Crippen LogP contribution is -2.24. The summed E-state index contributed by atoms with van der Waals surface area (Å²) in [6, 6.07) is 15.6. The molecule has 0 aliphatic rings. The number of carbonyl (C=O) groups excluding carboxylic acids is 1. The molecule has 124 valence electrons. The lowest BCUT2D eigenvalue weighted by Gasteiger charge is -2.06. The first-order valence-corrected chi connectivity index (χ1v) is 8.06. The number of amides is 1. The molecular formula is C19H21N3O2. The van der Waals surface area contributed by atoms with Crippen LogP contribution >= 0.6 is 0 Å². The molecule has 0 aliphatic heterocycles. The average Bonchev–Trinajstić information content (AvgIpc) is 2.92. The summed E-state index contributed by atoms with van der Waals surface area (Å²) in [5.74, 6) is 0.801. The Morgan fingerprint density at radius 2 is 1.92 bits per heavy atom. The fourth-order valence-corrected chi connectivity index (χ4v) is 2.72. The largest absolute Gasteiger partial charge is 0.494 e. The van der Waals surface area contributed by atoms with Crippen LogP contribution in [0.5, 0.6) is 5.75 Å². The van der Waals surface area contributed by atoms with Gasteiger partial charge in [-0.05, 0) is 30.7 Å². The highest BCUT2D eigenvalue weighted by atomic mass is 16.5. The number of ether oxygens (including phenoxy) is 1. The number of benzene rings is 2. The van der Waals surface area contributed by atoms with Gasteiger partial charge in [-0.25, -0.2) is 0 Å². The molecule has 3 aromatic rings. The Morgan fingerprint density at radius 1 is 1.17 bits per heavy atom. The molecular weight excluding hydrogens is 302 g/mol. The molecule has 1 N–H and O–H groups in total. The first kappa shape index (κ1) is 16.1. The van der Waals surface area contributed by atoms with Crippen LogP contribution in [-0.4, -0.2) is 22.3 Å². The normalized spacial score (nSPS) is 10.8. The monoisotopic (exact) mass is 323 g/mol. The maximum atomic E-state index is 12.2. The van der Waals surface area contributed by atoms with Crippen LogP contribution in [0.1, 0.15) is 18.2 Å². The molecule has 0 aliphatic carbocycles. The molecule has 1 aromatic heterocycles. The van der Waals surface area contributed by atoms with E-state index in [-0.39, 0.29) is 5.91 Å². The summed E-state index contributed by atoms with van der Waals surface area (Å²) >= 11 is 0. The topological polar surface area (TPSA) is 56.1 Å². The Hall–Kier alpha value is -2.82. The van der Waals surface area contributed by atoms with Crippen LogP contribution in [0.2, 0.25) is 0 Å². The van der Waals surface area contributed by atoms with Crippen molar-refractivity contribution < 1.29 is 9.53 Å².